The third kappa shape index (κ3) is 5.53. The van der Waals surface area contributed by atoms with Gasteiger partial charge >= 0.3 is 5.97 Å². The zero-order valence-electron chi connectivity index (χ0n) is 8.45. The summed E-state index contributed by atoms with van der Waals surface area (Å²) in [7, 11) is 0. The number of nitrogens with one attached hydrogen (secondary N) is 1. The lowest BCUT2D eigenvalue weighted by Gasteiger charge is -2.08. The fourth-order valence-corrected chi connectivity index (χ4v) is 1.14. The van der Waals surface area contributed by atoms with Crippen molar-refractivity contribution in [3.63, 3.8) is 0 Å². The average Bonchev–Trinajstić information content (AvgIpc) is 2.12. The van der Waals surface area contributed by atoms with Crippen LogP contribution in [0.5, 0.6) is 0 Å². The smallest absolute Gasteiger partial charge is 0.307 e. The average molecular weight is 202 g/mol. The van der Waals surface area contributed by atoms with Crippen LogP contribution in [0, 0.1) is 5.92 Å². The van der Waals surface area contributed by atoms with Crippen molar-refractivity contribution < 1.29 is 14.7 Å². The van der Waals surface area contributed by atoms with Gasteiger partial charge in [0.1, 0.15) is 0 Å². The predicted octanol–water partition coefficient (Wildman–Crippen LogP) is -0.0477. The van der Waals surface area contributed by atoms with Crippen LogP contribution in [0.2, 0.25) is 0 Å². The quantitative estimate of drug-likeness (QED) is 0.539. The number of carboxylic acids is 1. The minimum Gasteiger partial charge on any atom is -0.481 e. The molecule has 0 aliphatic rings. The Morgan fingerprint density at radius 1 is 1.50 bits per heavy atom. The molecular weight excluding hydrogens is 184 g/mol. The van der Waals surface area contributed by atoms with E-state index in [1.165, 1.54) is 0 Å². The number of nitrogens with two attached hydrogens (primary N) is 1. The number of hydrogen-bond donors (Lipinski definition) is 3. The molecule has 0 rings (SSSR count). The Bertz CT molecular complexity index is 194. The van der Waals surface area contributed by atoms with Crippen molar-refractivity contribution in [2.75, 3.05) is 13.1 Å². The van der Waals surface area contributed by atoms with Crippen LogP contribution in [-0.2, 0) is 9.59 Å². The minimum atomic E-state index is -0.886. The Labute approximate surface area is 83.7 Å². The van der Waals surface area contributed by atoms with Gasteiger partial charge in [-0.2, -0.15) is 0 Å². The molecule has 0 saturated carbocycles. The number of hydrogen-bond acceptors (Lipinski definition) is 3. The summed E-state index contributed by atoms with van der Waals surface area (Å²) in [6.45, 7) is 2.58. The molecule has 0 aliphatic carbocycles. The van der Waals surface area contributed by atoms with E-state index in [1.54, 1.807) is 0 Å². The Morgan fingerprint density at radius 3 is 2.57 bits per heavy atom. The molecule has 0 bridgehead atoms. The highest BCUT2D eigenvalue weighted by molar-refractivity contribution is 5.76. The van der Waals surface area contributed by atoms with Crippen molar-refractivity contribution in [2.24, 2.45) is 11.7 Å². The molecule has 82 valence electrons. The lowest BCUT2D eigenvalue weighted by molar-refractivity contribution is -0.141. The van der Waals surface area contributed by atoms with Crippen LogP contribution >= 0.6 is 0 Å². The summed E-state index contributed by atoms with van der Waals surface area (Å²) >= 11 is 0. The van der Waals surface area contributed by atoms with Gasteiger partial charge in [0.05, 0.1) is 5.92 Å². The van der Waals surface area contributed by atoms with Gasteiger partial charge in [-0.15, -0.1) is 0 Å². The van der Waals surface area contributed by atoms with Crippen molar-refractivity contribution in [2.45, 2.75) is 26.2 Å². The molecule has 0 fully saturated rings. The normalized spacial score (nSPS) is 12.1. The lowest BCUT2D eigenvalue weighted by Crippen LogP contribution is -2.25. The van der Waals surface area contributed by atoms with E-state index in [1.807, 2.05) is 6.92 Å². The first kappa shape index (κ1) is 12.9. The number of carbonyl (C=O) groups is 2. The molecule has 0 spiro atoms. The van der Waals surface area contributed by atoms with Gasteiger partial charge in [-0.3, -0.25) is 9.59 Å². The molecule has 5 nitrogen and oxygen atoms in total. The highest BCUT2D eigenvalue weighted by Gasteiger charge is 2.15. The zero-order valence-corrected chi connectivity index (χ0v) is 8.45. The largest absolute Gasteiger partial charge is 0.481 e. The van der Waals surface area contributed by atoms with Gasteiger partial charge in [-0.25, -0.2) is 0 Å². The van der Waals surface area contributed by atoms with Crippen LogP contribution in [0.25, 0.3) is 0 Å². The Balaban J connectivity index is 3.61. The van der Waals surface area contributed by atoms with Crippen LogP contribution in [0.1, 0.15) is 26.2 Å². The maximum absolute atomic E-state index is 11.0. The number of carbonyl (C=O) groups excluding carboxylic acids is 1. The standard InChI is InChI=1S/C9H18N2O3/c1-2-11-8(12)5-3-4-7(6-10)9(13)14/h7H,2-6,10H2,1H3,(H,11,12)(H,13,14). The third-order valence-corrected chi connectivity index (χ3v) is 1.96. The first-order valence-electron chi connectivity index (χ1n) is 4.81. The van der Waals surface area contributed by atoms with E-state index < -0.39 is 11.9 Å². The van der Waals surface area contributed by atoms with E-state index in [0.717, 1.165) is 0 Å². The molecule has 1 amide bonds. The number of rotatable bonds is 7. The van der Waals surface area contributed by atoms with E-state index in [-0.39, 0.29) is 12.5 Å². The van der Waals surface area contributed by atoms with E-state index in [4.69, 9.17) is 10.8 Å². The summed E-state index contributed by atoms with van der Waals surface area (Å²) in [5, 5.41) is 11.3. The Morgan fingerprint density at radius 2 is 2.14 bits per heavy atom. The molecule has 0 saturated heterocycles. The second-order valence-electron chi connectivity index (χ2n) is 3.12. The molecular formula is C9H18N2O3. The molecule has 1 unspecified atom stereocenters. The molecule has 0 heterocycles. The van der Waals surface area contributed by atoms with Crippen molar-refractivity contribution in [1.82, 2.24) is 5.32 Å². The Kier molecular flexibility index (Phi) is 6.74. The highest BCUT2D eigenvalue weighted by Crippen LogP contribution is 2.07. The lowest BCUT2D eigenvalue weighted by atomic mass is 10.0. The Hall–Kier alpha value is -1.10. The van der Waals surface area contributed by atoms with Gasteiger partial charge in [-0.1, -0.05) is 0 Å². The highest BCUT2D eigenvalue weighted by atomic mass is 16.4. The van der Waals surface area contributed by atoms with Crippen molar-refractivity contribution in [3.05, 3.63) is 0 Å². The van der Waals surface area contributed by atoms with Gasteiger partial charge < -0.3 is 16.2 Å². The van der Waals surface area contributed by atoms with Crippen LogP contribution in [0.4, 0.5) is 0 Å². The maximum atomic E-state index is 11.0. The second kappa shape index (κ2) is 7.32. The van der Waals surface area contributed by atoms with Crippen molar-refractivity contribution in [3.8, 4) is 0 Å². The molecule has 0 aromatic carbocycles. The molecule has 4 N–H and O–H groups in total. The van der Waals surface area contributed by atoms with Crippen LogP contribution in [0.15, 0.2) is 0 Å². The predicted molar refractivity (Wildman–Crippen MR) is 52.7 cm³/mol. The third-order valence-electron chi connectivity index (χ3n) is 1.96. The van der Waals surface area contributed by atoms with E-state index in [2.05, 4.69) is 5.32 Å². The monoisotopic (exact) mass is 202 g/mol. The summed E-state index contributed by atoms with van der Waals surface area (Å²) in [5.74, 6) is -1.44. The van der Waals surface area contributed by atoms with E-state index >= 15 is 0 Å². The SMILES string of the molecule is CCNC(=O)CCCC(CN)C(=O)O. The molecule has 0 aliphatic heterocycles. The van der Waals surface area contributed by atoms with Crippen molar-refractivity contribution >= 4 is 11.9 Å². The number of carboxylic acid groups (broad SMARTS) is 1. The van der Waals surface area contributed by atoms with E-state index in [9.17, 15) is 9.59 Å². The summed E-state index contributed by atoms with van der Waals surface area (Å²) in [6, 6.07) is 0. The summed E-state index contributed by atoms with van der Waals surface area (Å²) in [5.41, 5.74) is 5.27. The van der Waals surface area contributed by atoms with Gasteiger partial charge in [0.25, 0.3) is 0 Å². The summed E-state index contributed by atoms with van der Waals surface area (Å²) in [4.78, 5) is 21.5. The molecule has 5 heteroatoms. The summed E-state index contributed by atoms with van der Waals surface area (Å²) < 4.78 is 0. The summed E-state index contributed by atoms with van der Waals surface area (Å²) in [6.07, 6.45) is 1.40. The molecule has 14 heavy (non-hydrogen) atoms. The number of amides is 1. The van der Waals surface area contributed by atoms with E-state index in [0.29, 0.717) is 25.8 Å². The van der Waals surface area contributed by atoms with Gasteiger partial charge in [0.2, 0.25) is 5.91 Å². The zero-order chi connectivity index (χ0) is 11.0. The minimum absolute atomic E-state index is 0.0336. The molecule has 1 atom stereocenters. The first-order chi connectivity index (χ1) is 6.61. The van der Waals surface area contributed by atoms with Crippen LogP contribution in [-0.4, -0.2) is 30.1 Å². The number of aliphatic carboxylic acids is 1. The molecule has 0 aromatic heterocycles. The topological polar surface area (TPSA) is 92.4 Å². The first-order valence-corrected chi connectivity index (χ1v) is 4.81. The maximum Gasteiger partial charge on any atom is 0.307 e. The fourth-order valence-electron chi connectivity index (χ4n) is 1.14. The van der Waals surface area contributed by atoms with Gasteiger partial charge in [0.15, 0.2) is 0 Å². The molecule has 0 radical (unpaired) electrons. The van der Waals surface area contributed by atoms with Crippen molar-refractivity contribution in [1.29, 1.82) is 0 Å². The van der Waals surface area contributed by atoms with Gasteiger partial charge in [0, 0.05) is 19.5 Å². The van der Waals surface area contributed by atoms with Gasteiger partial charge in [-0.05, 0) is 19.8 Å². The van der Waals surface area contributed by atoms with Crippen LogP contribution < -0.4 is 11.1 Å². The molecule has 0 aromatic rings. The second-order valence-corrected chi connectivity index (χ2v) is 3.12. The van der Waals surface area contributed by atoms with Crippen LogP contribution in [0.3, 0.4) is 0 Å². The fraction of sp³-hybridized carbons (Fsp3) is 0.778.